The van der Waals surface area contributed by atoms with Gasteiger partial charge < -0.3 is 5.32 Å². The largest absolute Gasteiger partial charge is 0.320 e. The molecule has 3 aromatic heterocycles. The lowest BCUT2D eigenvalue weighted by molar-refractivity contribution is 0.102. The minimum atomic E-state index is -0.262. The van der Waals surface area contributed by atoms with E-state index in [4.69, 9.17) is 0 Å². The van der Waals surface area contributed by atoms with Crippen LogP contribution in [-0.2, 0) is 0 Å². The molecule has 0 aliphatic rings. The Morgan fingerprint density at radius 3 is 2.92 bits per heavy atom. The molecule has 0 atom stereocenters. The molecule has 6 nitrogen and oxygen atoms in total. The molecular formula is C18H14BrN5O. The van der Waals surface area contributed by atoms with Crippen molar-refractivity contribution in [3.8, 4) is 0 Å². The zero-order chi connectivity index (χ0) is 17.6. The first kappa shape index (κ1) is 15.7. The molecule has 4 aromatic rings. The van der Waals surface area contributed by atoms with E-state index in [0.29, 0.717) is 16.9 Å². The van der Waals surface area contributed by atoms with Gasteiger partial charge in [-0.1, -0.05) is 22.0 Å². The molecule has 0 saturated carbocycles. The fraction of sp³-hybridized carbons (Fsp3) is 0.111. The summed E-state index contributed by atoms with van der Waals surface area (Å²) in [6, 6.07) is 9.45. The molecule has 4 rings (SSSR count). The van der Waals surface area contributed by atoms with Crippen LogP contribution in [0.1, 0.15) is 21.7 Å². The molecule has 0 bridgehead atoms. The SMILES string of the molecule is Cc1cc(C)n2ncc(C(=O)Nc3ccc(Br)c4cccnc34)c2n1. The molecule has 7 heteroatoms. The van der Waals surface area contributed by atoms with Crippen LogP contribution in [0.5, 0.6) is 0 Å². The highest BCUT2D eigenvalue weighted by atomic mass is 79.9. The molecule has 0 radical (unpaired) electrons. The standard InChI is InChI=1S/C18H14BrN5O/c1-10-8-11(2)24-17(22-10)13(9-21-24)18(25)23-15-6-5-14(19)12-4-3-7-20-16(12)15/h3-9H,1-2H3,(H,23,25). The Labute approximate surface area is 152 Å². The van der Waals surface area contributed by atoms with Crippen LogP contribution in [0.4, 0.5) is 5.69 Å². The van der Waals surface area contributed by atoms with Gasteiger partial charge in [0.1, 0.15) is 5.56 Å². The summed E-state index contributed by atoms with van der Waals surface area (Å²) in [6.45, 7) is 3.83. The van der Waals surface area contributed by atoms with Crippen molar-refractivity contribution in [3.63, 3.8) is 0 Å². The van der Waals surface area contributed by atoms with Crippen LogP contribution in [-0.4, -0.2) is 25.5 Å². The molecule has 0 spiro atoms. The molecular weight excluding hydrogens is 382 g/mol. The predicted octanol–water partition coefficient (Wildman–Crippen LogP) is 3.91. The van der Waals surface area contributed by atoms with Crippen molar-refractivity contribution < 1.29 is 4.79 Å². The average molecular weight is 396 g/mol. The molecule has 1 amide bonds. The van der Waals surface area contributed by atoms with E-state index in [1.165, 1.54) is 0 Å². The molecule has 0 aliphatic heterocycles. The second kappa shape index (κ2) is 5.93. The van der Waals surface area contributed by atoms with E-state index in [1.54, 1.807) is 16.9 Å². The zero-order valence-corrected chi connectivity index (χ0v) is 15.2. The fourth-order valence-corrected chi connectivity index (χ4v) is 3.31. The van der Waals surface area contributed by atoms with Crippen LogP contribution < -0.4 is 5.32 Å². The van der Waals surface area contributed by atoms with E-state index >= 15 is 0 Å². The van der Waals surface area contributed by atoms with Crippen LogP contribution >= 0.6 is 15.9 Å². The lowest BCUT2D eigenvalue weighted by Gasteiger charge is -2.09. The minimum absolute atomic E-state index is 0.262. The fourth-order valence-electron chi connectivity index (χ4n) is 2.86. The lowest BCUT2D eigenvalue weighted by atomic mass is 10.2. The van der Waals surface area contributed by atoms with Gasteiger partial charge in [-0.2, -0.15) is 5.10 Å². The number of carbonyl (C=O) groups is 1. The smallest absolute Gasteiger partial charge is 0.261 e. The molecule has 1 aromatic carbocycles. The van der Waals surface area contributed by atoms with Crippen LogP contribution in [0.25, 0.3) is 16.6 Å². The number of pyridine rings is 1. The molecule has 3 heterocycles. The zero-order valence-electron chi connectivity index (χ0n) is 13.6. The number of rotatable bonds is 2. The van der Waals surface area contributed by atoms with E-state index in [-0.39, 0.29) is 5.91 Å². The van der Waals surface area contributed by atoms with Gasteiger partial charge in [0.25, 0.3) is 5.91 Å². The normalized spacial score (nSPS) is 11.2. The number of benzene rings is 1. The third-order valence-corrected chi connectivity index (χ3v) is 4.68. The Morgan fingerprint density at radius 1 is 1.24 bits per heavy atom. The maximum atomic E-state index is 12.8. The first-order valence-corrected chi connectivity index (χ1v) is 8.50. The highest BCUT2D eigenvalue weighted by molar-refractivity contribution is 9.10. The van der Waals surface area contributed by atoms with E-state index < -0.39 is 0 Å². The molecule has 25 heavy (non-hydrogen) atoms. The van der Waals surface area contributed by atoms with E-state index in [0.717, 1.165) is 26.8 Å². The van der Waals surface area contributed by atoms with Crippen molar-refractivity contribution in [2.45, 2.75) is 13.8 Å². The summed E-state index contributed by atoms with van der Waals surface area (Å²) in [5.41, 5.74) is 4.12. The van der Waals surface area contributed by atoms with E-state index in [9.17, 15) is 4.79 Å². The Morgan fingerprint density at radius 2 is 2.08 bits per heavy atom. The number of nitrogens with one attached hydrogen (secondary N) is 1. The summed E-state index contributed by atoms with van der Waals surface area (Å²) in [7, 11) is 0. The van der Waals surface area contributed by atoms with Crippen molar-refractivity contribution in [2.75, 3.05) is 5.32 Å². The minimum Gasteiger partial charge on any atom is -0.320 e. The van der Waals surface area contributed by atoms with Gasteiger partial charge in [0.15, 0.2) is 5.65 Å². The van der Waals surface area contributed by atoms with Crippen molar-refractivity contribution in [3.05, 3.63) is 64.1 Å². The summed E-state index contributed by atoms with van der Waals surface area (Å²) in [6.07, 6.45) is 3.24. The van der Waals surface area contributed by atoms with Crippen LogP contribution in [0, 0.1) is 13.8 Å². The number of aryl methyl sites for hydroxylation is 2. The van der Waals surface area contributed by atoms with Crippen molar-refractivity contribution in [1.82, 2.24) is 19.6 Å². The number of aromatic nitrogens is 4. The summed E-state index contributed by atoms with van der Waals surface area (Å²) in [4.78, 5) is 21.6. The number of anilines is 1. The molecule has 0 aliphatic carbocycles. The summed E-state index contributed by atoms with van der Waals surface area (Å²) in [5, 5.41) is 8.13. The van der Waals surface area contributed by atoms with Gasteiger partial charge in [-0.3, -0.25) is 9.78 Å². The lowest BCUT2D eigenvalue weighted by Crippen LogP contribution is -2.13. The number of hydrogen-bond acceptors (Lipinski definition) is 4. The number of halogens is 1. The topological polar surface area (TPSA) is 72.2 Å². The molecule has 0 saturated heterocycles. The number of hydrogen-bond donors (Lipinski definition) is 1. The first-order chi connectivity index (χ1) is 12.0. The molecule has 1 N–H and O–H groups in total. The van der Waals surface area contributed by atoms with E-state index in [1.807, 2.05) is 44.2 Å². The first-order valence-electron chi connectivity index (χ1n) is 7.71. The van der Waals surface area contributed by atoms with Gasteiger partial charge in [-0.25, -0.2) is 9.50 Å². The van der Waals surface area contributed by atoms with Gasteiger partial charge in [-0.15, -0.1) is 0 Å². The van der Waals surface area contributed by atoms with Gasteiger partial charge in [0.2, 0.25) is 0 Å². The third kappa shape index (κ3) is 2.66. The predicted molar refractivity (Wildman–Crippen MR) is 99.9 cm³/mol. The number of nitrogens with zero attached hydrogens (tertiary/aromatic N) is 4. The second-order valence-corrected chi connectivity index (χ2v) is 6.64. The van der Waals surface area contributed by atoms with E-state index in [2.05, 4.69) is 36.3 Å². The Hall–Kier alpha value is -2.80. The number of fused-ring (bicyclic) bond motifs is 2. The van der Waals surface area contributed by atoms with Crippen molar-refractivity contribution >= 4 is 44.1 Å². The van der Waals surface area contributed by atoms with Crippen LogP contribution in [0.3, 0.4) is 0 Å². The molecule has 0 fully saturated rings. The molecule has 124 valence electrons. The quantitative estimate of drug-likeness (QED) is 0.558. The van der Waals surface area contributed by atoms with Gasteiger partial charge in [0.05, 0.1) is 17.4 Å². The third-order valence-electron chi connectivity index (χ3n) is 3.99. The summed E-state index contributed by atoms with van der Waals surface area (Å²) in [5.74, 6) is -0.262. The summed E-state index contributed by atoms with van der Waals surface area (Å²) < 4.78 is 2.59. The second-order valence-electron chi connectivity index (χ2n) is 5.78. The summed E-state index contributed by atoms with van der Waals surface area (Å²) >= 11 is 3.51. The van der Waals surface area contributed by atoms with Crippen LogP contribution in [0.15, 0.2) is 47.2 Å². The van der Waals surface area contributed by atoms with Gasteiger partial charge >= 0.3 is 0 Å². The Balaban J connectivity index is 1.78. The Bertz CT molecular complexity index is 1140. The van der Waals surface area contributed by atoms with Crippen molar-refractivity contribution in [1.29, 1.82) is 0 Å². The molecule has 0 unspecified atom stereocenters. The van der Waals surface area contributed by atoms with Gasteiger partial charge in [-0.05, 0) is 38.1 Å². The number of carbonyl (C=O) groups excluding carboxylic acids is 1. The monoisotopic (exact) mass is 395 g/mol. The van der Waals surface area contributed by atoms with Gasteiger partial charge in [0, 0.05) is 27.4 Å². The van der Waals surface area contributed by atoms with Crippen molar-refractivity contribution in [2.24, 2.45) is 0 Å². The number of amides is 1. The van der Waals surface area contributed by atoms with Crippen LogP contribution in [0.2, 0.25) is 0 Å². The highest BCUT2D eigenvalue weighted by Crippen LogP contribution is 2.28. The maximum absolute atomic E-state index is 12.8. The highest BCUT2D eigenvalue weighted by Gasteiger charge is 2.17. The Kier molecular flexibility index (Phi) is 3.73. The average Bonchev–Trinajstić information content (AvgIpc) is 3.02. The maximum Gasteiger partial charge on any atom is 0.261 e.